The SMILES string of the molecule is Cc1ccc(Nc2nn3c(-c4ccc(Br)cc4)ccnc3c2C(N)=O)cc1. The van der Waals surface area contributed by atoms with E-state index in [0.29, 0.717) is 11.5 Å². The monoisotopic (exact) mass is 421 g/mol. The lowest BCUT2D eigenvalue weighted by Crippen LogP contribution is -2.13. The van der Waals surface area contributed by atoms with Crippen molar-refractivity contribution in [1.82, 2.24) is 14.6 Å². The molecule has 0 aliphatic rings. The van der Waals surface area contributed by atoms with Gasteiger partial charge in [0.1, 0.15) is 5.56 Å². The van der Waals surface area contributed by atoms with Crippen molar-refractivity contribution < 1.29 is 4.79 Å². The Morgan fingerprint density at radius 2 is 1.78 bits per heavy atom. The van der Waals surface area contributed by atoms with E-state index in [9.17, 15) is 4.79 Å². The van der Waals surface area contributed by atoms with Gasteiger partial charge in [-0.15, -0.1) is 5.10 Å². The molecule has 27 heavy (non-hydrogen) atoms. The molecule has 4 rings (SSSR count). The van der Waals surface area contributed by atoms with Crippen LogP contribution < -0.4 is 11.1 Å². The minimum atomic E-state index is -0.583. The molecular weight excluding hydrogens is 406 g/mol. The van der Waals surface area contributed by atoms with Crippen LogP contribution >= 0.6 is 15.9 Å². The van der Waals surface area contributed by atoms with E-state index in [2.05, 4.69) is 31.3 Å². The largest absolute Gasteiger partial charge is 0.365 e. The normalized spacial score (nSPS) is 10.9. The van der Waals surface area contributed by atoms with Gasteiger partial charge in [0.15, 0.2) is 11.5 Å². The molecule has 3 N–H and O–H groups in total. The molecule has 4 aromatic rings. The predicted molar refractivity (Wildman–Crippen MR) is 109 cm³/mol. The summed E-state index contributed by atoms with van der Waals surface area (Å²) in [4.78, 5) is 16.4. The second kappa shape index (κ2) is 6.85. The van der Waals surface area contributed by atoms with Gasteiger partial charge in [-0.1, -0.05) is 45.8 Å². The molecule has 0 aliphatic carbocycles. The molecule has 1 amide bonds. The van der Waals surface area contributed by atoms with E-state index in [1.807, 2.05) is 61.5 Å². The maximum absolute atomic E-state index is 12.1. The van der Waals surface area contributed by atoms with Gasteiger partial charge in [0.25, 0.3) is 5.91 Å². The van der Waals surface area contributed by atoms with Crippen LogP contribution in [-0.4, -0.2) is 20.5 Å². The van der Waals surface area contributed by atoms with Gasteiger partial charge in [0, 0.05) is 21.9 Å². The zero-order chi connectivity index (χ0) is 19.0. The fraction of sp³-hybridized carbons (Fsp3) is 0.0500. The van der Waals surface area contributed by atoms with Crippen molar-refractivity contribution in [2.75, 3.05) is 5.32 Å². The third kappa shape index (κ3) is 3.29. The summed E-state index contributed by atoms with van der Waals surface area (Å²) < 4.78 is 2.62. The van der Waals surface area contributed by atoms with Crippen LogP contribution in [0.15, 0.2) is 65.3 Å². The summed E-state index contributed by atoms with van der Waals surface area (Å²) >= 11 is 3.44. The highest BCUT2D eigenvalue weighted by Crippen LogP contribution is 2.27. The molecule has 6 nitrogen and oxygen atoms in total. The van der Waals surface area contributed by atoms with Crippen LogP contribution in [0.3, 0.4) is 0 Å². The second-order valence-electron chi connectivity index (χ2n) is 6.15. The Bertz CT molecular complexity index is 1130. The van der Waals surface area contributed by atoms with Crippen LogP contribution in [0.5, 0.6) is 0 Å². The third-order valence-electron chi connectivity index (χ3n) is 4.22. The highest BCUT2D eigenvalue weighted by molar-refractivity contribution is 9.10. The van der Waals surface area contributed by atoms with E-state index in [4.69, 9.17) is 5.73 Å². The van der Waals surface area contributed by atoms with Crippen molar-refractivity contribution in [2.45, 2.75) is 6.92 Å². The van der Waals surface area contributed by atoms with Crippen LogP contribution in [0.4, 0.5) is 11.5 Å². The number of hydrogen-bond acceptors (Lipinski definition) is 4. The summed E-state index contributed by atoms with van der Waals surface area (Å²) in [6.45, 7) is 2.01. The molecule has 0 fully saturated rings. The Hall–Kier alpha value is -3.19. The number of nitrogens with zero attached hydrogens (tertiary/aromatic N) is 3. The fourth-order valence-corrected chi connectivity index (χ4v) is 3.14. The number of carbonyl (C=O) groups is 1. The molecule has 134 valence electrons. The maximum Gasteiger partial charge on any atom is 0.256 e. The average molecular weight is 422 g/mol. The topological polar surface area (TPSA) is 85.3 Å². The van der Waals surface area contributed by atoms with Gasteiger partial charge < -0.3 is 11.1 Å². The standard InChI is InChI=1S/C20H16BrN5O/c1-12-2-8-15(9-3-12)24-19-17(18(22)27)20-23-11-10-16(26(20)25-19)13-4-6-14(21)7-5-13/h2-11H,1H3,(H2,22,27)(H,24,25). The van der Waals surface area contributed by atoms with Crippen LogP contribution in [0.25, 0.3) is 16.9 Å². The number of halogens is 1. The van der Waals surface area contributed by atoms with E-state index >= 15 is 0 Å². The molecular formula is C20H16BrN5O. The third-order valence-corrected chi connectivity index (χ3v) is 4.75. The van der Waals surface area contributed by atoms with E-state index in [1.54, 1.807) is 10.7 Å². The first-order chi connectivity index (χ1) is 13.0. The number of nitrogens with one attached hydrogen (secondary N) is 1. The number of hydrogen-bond donors (Lipinski definition) is 2. The van der Waals surface area contributed by atoms with E-state index in [-0.39, 0.29) is 5.56 Å². The first-order valence-electron chi connectivity index (χ1n) is 8.30. The molecule has 2 aromatic heterocycles. The molecule has 0 bridgehead atoms. The Morgan fingerprint density at radius 3 is 2.44 bits per heavy atom. The molecule has 7 heteroatoms. The van der Waals surface area contributed by atoms with Crippen molar-refractivity contribution >= 4 is 39.0 Å². The van der Waals surface area contributed by atoms with E-state index in [0.717, 1.165) is 27.0 Å². The van der Waals surface area contributed by atoms with Gasteiger partial charge in [-0.25, -0.2) is 9.50 Å². The smallest absolute Gasteiger partial charge is 0.256 e. The van der Waals surface area contributed by atoms with Crippen molar-refractivity contribution in [3.8, 4) is 11.3 Å². The van der Waals surface area contributed by atoms with E-state index in [1.165, 1.54) is 0 Å². The number of nitrogens with two attached hydrogens (primary N) is 1. The van der Waals surface area contributed by atoms with Crippen LogP contribution in [-0.2, 0) is 0 Å². The minimum Gasteiger partial charge on any atom is -0.365 e. The lowest BCUT2D eigenvalue weighted by molar-refractivity contribution is 0.100. The minimum absolute atomic E-state index is 0.259. The number of rotatable bonds is 4. The summed E-state index contributed by atoms with van der Waals surface area (Å²) in [6.07, 6.45) is 1.65. The van der Waals surface area contributed by atoms with E-state index < -0.39 is 5.91 Å². The molecule has 0 saturated carbocycles. The van der Waals surface area contributed by atoms with Gasteiger partial charge >= 0.3 is 0 Å². The summed E-state index contributed by atoms with van der Waals surface area (Å²) in [7, 11) is 0. The zero-order valence-electron chi connectivity index (χ0n) is 14.5. The van der Waals surface area contributed by atoms with Crippen LogP contribution in [0.1, 0.15) is 15.9 Å². The molecule has 0 unspecified atom stereocenters. The number of amides is 1. The van der Waals surface area contributed by atoms with Gasteiger partial charge in [-0.05, 0) is 37.3 Å². The number of benzene rings is 2. The highest BCUT2D eigenvalue weighted by Gasteiger charge is 2.21. The Kier molecular flexibility index (Phi) is 4.37. The van der Waals surface area contributed by atoms with Crippen LogP contribution in [0, 0.1) is 6.92 Å². The predicted octanol–water partition coefficient (Wildman–Crippen LogP) is 4.31. The lowest BCUT2D eigenvalue weighted by atomic mass is 10.1. The molecule has 0 atom stereocenters. The molecule has 2 heterocycles. The quantitative estimate of drug-likeness (QED) is 0.513. The van der Waals surface area contributed by atoms with Crippen molar-refractivity contribution in [3.63, 3.8) is 0 Å². The molecule has 0 saturated heterocycles. The first-order valence-corrected chi connectivity index (χ1v) is 9.09. The van der Waals surface area contributed by atoms with Crippen molar-refractivity contribution in [1.29, 1.82) is 0 Å². The molecule has 2 aromatic carbocycles. The number of carbonyl (C=O) groups excluding carboxylic acids is 1. The zero-order valence-corrected chi connectivity index (χ0v) is 16.1. The summed E-state index contributed by atoms with van der Waals surface area (Å²) in [5, 5.41) is 7.76. The fourth-order valence-electron chi connectivity index (χ4n) is 2.87. The Morgan fingerprint density at radius 1 is 1.07 bits per heavy atom. The lowest BCUT2D eigenvalue weighted by Gasteiger charge is -2.05. The number of primary amides is 1. The Balaban J connectivity index is 1.88. The van der Waals surface area contributed by atoms with Crippen LogP contribution in [0.2, 0.25) is 0 Å². The van der Waals surface area contributed by atoms with Gasteiger partial charge in [-0.3, -0.25) is 4.79 Å². The number of aryl methyl sites for hydroxylation is 1. The molecule has 0 aliphatic heterocycles. The molecule has 0 radical (unpaired) electrons. The van der Waals surface area contributed by atoms with Gasteiger partial charge in [-0.2, -0.15) is 0 Å². The van der Waals surface area contributed by atoms with Gasteiger partial charge in [0.2, 0.25) is 0 Å². The van der Waals surface area contributed by atoms with Crippen molar-refractivity contribution in [3.05, 3.63) is 76.4 Å². The number of fused-ring (bicyclic) bond motifs is 1. The van der Waals surface area contributed by atoms with Crippen molar-refractivity contribution in [2.24, 2.45) is 5.73 Å². The number of anilines is 2. The Labute approximate surface area is 164 Å². The summed E-state index contributed by atoms with van der Waals surface area (Å²) in [5.74, 6) is -0.205. The summed E-state index contributed by atoms with van der Waals surface area (Å²) in [6, 6.07) is 17.5. The first kappa shape index (κ1) is 17.2. The second-order valence-corrected chi connectivity index (χ2v) is 7.07. The molecule has 0 spiro atoms. The maximum atomic E-state index is 12.1. The summed E-state index contributed by atoms with van der Waals surface area (Å²) in [5.41, 5.74) is 10.0. The highest BCUT2D eigenvalue weighted by atomic mass is 79.9. The number of aromatic nitrogens is 3. The average Bonchev–Trinajstić information content (AvgIpc) is 3.02. The van der Waals surface area contributed by atoms with Gasteiger partial charge in [0.05, 0.1) is 5.69 Å².